The van der Waals surface area contributed by atoms with E-state index in [1.165, 1.54) is 4.31 Å². The molecule has 0 N–H and O–H groups in total. The molecule has 3 heterocycles. The highest BCUT2D eigenvalue weighted by Crippen LogP contribution is 2.28. The molecule has 10 nitrogen and oxygen atoms in total. The van der Waals surface area contributed by atoms with Gasteiger partial charge in [-0.1, -0.05) is 5.16 Å². The first-order chi connectivity index (χ1) is 12.2. The largest absolute Gasteiger partial charge is 0.338 e. The Hall–Kier alpha value is -2.27. The van der Waals surface area contributed by atoms with Crippen molar-refractivity contribution in [1.29, 1.82) is 0 Å². The lowest BCUT2D eigenvalue weighted by Crippen LogP contribution is -2.38. The second-order valence-electron chi connectivity index (χ2n) is 6.44. The van der Waals surface area contributed by atoms with Crippen molar-refractivity contribution < 1.29 is 17.7 Å². The van der Waals surface area contributed by atoms with Gasteiger partial charge in [0.2, 0.25) is 15.9 Å². The molecule has 142 valence electrons. The second-order valence-corrected chi connectivity index (χ2v) is 8.38. The standard InChI is InChI=1S/C15H22N6O4S/c1-10-9-12(17-19(10)3)15(22)20-6-5-13(14-16-11(2)18-25-14)21(8-7-20)26(4,23)24/h9,13H,5-8H2,1-4H3. The second kappa shape index (κ2) is 6.80. The SMILES string of the molecule is Cc1noc(C2CCN(C(=O)c3cc(C)n(C)n3)CCN2S(C)(=O)=O)n1. The third-order valence-corrected chi connectivity index (χ3v) is 5.77. The molecule has 1 unspecified atom stereocenters. The van der Waals surface area contributed by atoms with Crippen LogP contribution in [0.5, 0.6) is 0 Å². The van der Waals surface area contributed by atoms with Gasteiger partial charge < -0.3 is 9.42 Å². The Morgan fingerprint density at radius 2 is 2.00 bits per heavy atom. The average Bonchev–Trinajstić information content (AvgIpc) is 3.03. The van der Waals surface area contributed by atoms with Gasteiger partial charge in [-0.2, -0.15) is 14.4 Å². The van der Waals surface area contributed by atoms with Crippen molar-refractivity contribution in [2.24, 2.45) is 7.05 Å². The van der Waals surface area contributed by atoms with E-state index < -0.39 is 16.1 Å². The van der Waals surface area contributed by atoms with E-state index in [2.05, 4.69) is 15.2 Å². The first-order valence-electron chi connectivity index (χ1n) is 8.23. The highest BCUT2D eigenvalue weighted by atomic mass is 32.2. The van der Waals surface area contributed by atoms with Crippen LogP contribution in [-0.4, -0.2) is 69.3 Å². The summed E-state index contributed by atoms with van der Waals surface area (Å²) >= 11 is 0. The third-order valence-electron chi connectivity index (χ3n) is 4.48. The van der Waals surface area contributed by atoms with E-state index >= 15 is 0 Å². The number of amides is 1. The summed E-state index contributed by atoms with van der Waals surface area (Å²) in [4.78, 5) is 18.5. The number of rotatable bonds is 3. The lowest BCUT2D eigenvalue weighted by Gasteiger charge is -2.24. The molecule has 2 aromatic heterocycles. The molecule has 11 heteroatoms. The number of nitrogens with zero attached hydrogens (tertiary/aromatic N) is 6. The topological polar surface area (TPSA) is 114 Å². The molecule has 1 saturated heterocycles. The van der Waals surface area contributed by atoms with Crippen LogP contribution in [0, 0.1) is 13.8 Å². The van der Waals surface area contributed by atoms with Gasteiger partial charge in [-0.15, -0.1) is 0 Å². The zero-order chi connectivity index (χ0) is 19.1. The summed E-state index contributed by atoms with van der Waals surface area (Å²) < 4.78 is 32.6. The molecule has 0 radical (unpaired) electrons. The van der Waals surface area contributed by atoms with E-state index in [0.29, 0.717) is 24.5 Å². The van der Waals surface area contributed by atoms with Gasteiger partial charge in [0.1, 0.15) is 6.04 Å². The summed E-state index contributed by atoms with van der Waals surface area (Å²) in [7, 11) is -1.73. The summed E-state index contributed by atoms with van der Waals surface area (Å²) in [6, 6.07) is 1.13. The van der Waals surface area contributed by atoms with E-state index in [9.17, 15) is 13.2 Å². The molecule has 0 aliphatic carbocycles. The molecule has 0 saturated carbocycles. The third kappa shape index (κ3) is 3.63. The van der Waals surface area contributed by atoms with Gasteiger partial charge in [-0.05, 0) is 26.3 Å². The maximum absolute atomic E-state index is 12.8. The number of carbonyl (C=O) groups is 1. The van der Waals surface area contributed by atoms with Gasteiger partial charge in [-0.25, -0.2) is 8.42 Å². The minimum absolute atomic E-state index is 0.155. The fourth-order valence-corrected chi connectivity index (χ4v) is 4.10. The van der Waals surface area contributed by atoms with Gasteiger partial charge in [0.15, 0.2) is 11.5 Å². The van der Waals surface area contributed by atoms with E-state index in [-0.39, 0.29) is 24.9 Å². The van der Waals surface area contributed by atoms with Gasteiger partial charge in [0, 0.05) is 32.4 Å². The van der Waals surface area contributed by atoms with Crippen molar-refractivity contribution >= 4 is 15.9 Å². The highest BCUT2D eigenvalue weighted by Gasteiger charge is 2.36. The van der Waals surface area contributed by atoms with E-state index in [1.54, 1.807) is 29.6 Å². The first-order valence-corrected chi connectivity index (χ1v) is 10.1. The van der Waals surface area contributed by atoms with Gasteiger partial charge in [0.05, 0.1) is 6.26 Å². The minimum Gasteiger partial charge on any atom is -0.338 e. The monoisotopic (exact) mass is 382 g/mol. The van der Waals surface area contributed by atoms with Crippen LogP contribution >= 0.6 is 0 Å². The molecule has 0 spiro atoms. The fraction of sp³-hybridized carbons (Fsp3) is 0.600. The molecule has 1 amide bonds. The molecular weight excluding hydrogens is 360 g/mol. The quantitative estimate of drug-likeness (QED) is 0.748. The summed E-state index contributed by atoms with van der Waals surface area (Å²) in [5.74, 6) is 0.468. The average molecular weight is 382 g/mol. The molecular formula is C15H22N6O4S. The zero-order valence-corrected chi connectivity index (χ0v) is 16.0. The number of aryl methyl sites for hydroxylation is 3. The molecule has 26 heavy (non-hydrogen) atoms. The molecule has 0 bridgehead atoms. The van der Waals surface area contributed by atoms with E-state index in [4.69, 9.17) is 4.52 Å². The van der Waals surface area contributed by atoms with Crippen molar-refractivity contribution in [3.8, 4) is 0 Å². The molecule has 1 fully saturated rings. The number of carbonyl (C=O) groups excluding carboxylic acids is 1. The fourth-order valence-electron chi connectivity index (χ4n) is 3.03. The lowest BCUT2D eigenvalue weighted by molar-refractivity contribution is 0.0757. The van der Waals surface area contributed by atoms with E-state index in [0.717, 1.165) is 11.9 Å². The maximum atomic E-state index is 12.8. The Kier molecular flexibility index (Phi) is 4.84. The smallest absolute Gasteiger partial charge is 0.274 e. The summed E-state index contributed by atoms with van der Waals surface area (Å²) in [6.45, 7) is 4.33. The van der Waals surface area contributed by atoms with Crippen LogP contribution in [0.4, 0.5) is 0 Å². The number of aromatic nitrogens is 4. The predicted octanol–water partition coefficient (Wildman–Crippen LogP) is 0.269. The lowest BCUT2D eigenvalue weighted by atomic mass is 10.2. The predicted molar refractivity (Wildman–Crippen MR) is 91.8 cm³/mol. The van der Waals surface area contributed by atoms with Crippen LogP contribution in [0.15, 0.2) is 10.6 Å². The minimum atomic E-state index is -3.51. The molecule has 2 aromatic rings. The Bertz CT molecular complexity index is 899. The highest BCUT2D eigenvalue weighted by molar-refractivity contribution is 7.88. The van der Waals surface area contributed by atoms with Crippen molar-refractivity contribution in [2.45, 2.75) is 26.3 Å². The van der Waals surface area contributed by atoms with Crippen molar-refractivity contribution in [2.75, 3.05) is 25.9 Å². The van der Waals surface area contributed by atoms with Gasteiger partial charge >= 0.3 is 0 Å². The Morgan fingerprint density at radius 1 is 1.27 bits per heavy atom. The van der Waals surface area contributed by atoms with Crippen LogP contribution in [-0.2, 0) is 17.1 Å². The van der Waals surface area contributed by atoms with Crippen molar-refractivity contribution in [3.05, 3.63) is 29.2 Å². The van der Waals surface area contributed by atoms with Gasteiger partial charge in [0.25, 0.3) is 5.91 Å². The molecule has 3 rings (SSSR count). The summed E-state index contributed by atoms with van der Waals surface area (Å²) in [6.07, 6.45) is 1.51. The molecule has 0 aromatic carbocycles. The molecule has 1 aliphatic heterocycles. The summed E-state index contributed by atoms with van der Waals surface area (Å²) in [5.41, 5.74) is 1.23. The van der Waals surface area contributed by atoms with Crippen LogP contribution in [0.25, 0.3) is 0 Å². The van der Waals surface area contributed by atoms with Crippen LogP contribution < -0.4 is 0 Å². The number of hydrogen-bond acceptors (Lipinski definition) is 7. The molecule has 1 atom stereocenters. The Balaban J connectivity index is 1.86. The van der Waals surface area contributed by atoms with Crippen molar-refractivity contribution in [1.82, 2.24) is 29.1 Å². The van der Waals surface area contributed by atoms with Crippen molar-refractivity contribution in [3.63, 3.8) is 0 Å². The van der Waals surface area contributed by atoms with Crippen LogP contribution in [0.1, 0.15) is 40.4 Å². The summed E-state index contributed by atoms with van der Waals surface area (Å²) in [5, 5.41) is 7.97. The normalized spacial score (nSPS) is 19.5. The number of hydrogen-bond donors (Lipinski definition) is 0. The molecule has 1 aliphatic rings. The van der Waals surface area contributed by atoms with E-state index in [1.807, 2.05) is 6.92 Å². The Labute approximate surface area is 151 Å². The maximum Gasteiger partial charge on any atom is 0.274 e. The Morgan fingerprint density at radius 3 is 2.54 bits per heavy atom. The number of sulfonamides is 1. The van der Waals surface area contributed by atoms with Crippen LogP contribution in [0.3, 0.4) is 0 Å². The van der Waals surface area contributed by atoms with Gasteiger partial charge in [-0.3, -0.25) is 9.48 Å². The first kappa shape index (κ1) is 18.5. The van der Waals surface area contributed by atoms with Crippen LogP contribution in [0.2, 0.25) is 0 Å². The zero-order valence-electron chi connectivity index (χ0n) is 15.2.